The van der Waals surface area contributed by atoms with Crippen LogP contribution in [0.1, 0.15) is 61.3 Å². The van der Waals surface area contributed by atoms with E-state index >= 15 is 0 Å². The number of nitrogens with zero attached hydrogens (tertiary/aromatic N) is 3. The van der Waals surface area contributed by atoms with Crippen LogP contribution in [0, 0.1) is 11.8 Å². The summed E-state index contributed by atoms with van der Waals surface area (Å²) in [7, 11) is 0. The zero-order chi connectivity index (χ0) is 26.0. The Balaban J connectivity index is 1.96. The van der Waals surface area contributed by atoms with Gasteiger partial charge in [0.15, 0.2) is 6.10 Å². The minimum Gasteiger partial charge on any atom is -0.470 e. The van der Waals surface area contributed by atoms with Gasteiger partial charge in [-0.3, -0.25) is 4.79 Å². The van der Waals surface area contributed by atoms with E-state index in [-0.39, 0.29) is 24.0 Å². The highest BCUT2D eigenvalue weighted by atomic mass is 32.1. The zero-order valence-corrected chi connectivity index (χ0v) is 23.0. The second-order valence-electron chi connectivity index (χ2n) is 10.2. The van der Waals surface area contributed by atoms with Crippen LogP contribution in [0.5, 0.6) is 5.88 Å². The number of nitrogens with one attached hydrogen (secondary N) is 1. The lowest BCUT2D eigenvalue weighted by Crippen LogP contribution is -2.45. The molecule has 0 amide bonds. The first-order chi connectivity index (χ1) is 16.5. The Labute approximate surface area is 213 Å². The number of aromatic nitrogens is 2. The molecule has 2 rings (SSSR count). The molecule has 4 atom stereocenters. The highest BCUT2D eigenvalue weighted by Gasteiger charge is 2.28. The number of hydrogen-bond acceptors (Lipinski definition) is 11. The van der Waals surface area contributed by atoms with Crippen molar-refractivity contribution in [1.82, 2.24) is 14.1 Å². The number of anilines is 1. The molecule has 1 aliphatic rings. The molecule has 0 spiro atoms. The molecule has 1 saturated heterocycles. The van der Waals surface area contributed by atoms with Gasteiger partial charge in [-0.05, 0) is 40.0 Å². The van der Waals surface area contributed by atoms with Gasteiger partial charge in [-0.1, -0.05) is 27.2 Å². The van der Waals surface area contributed by atoms with Crippen molar-refractivity contribution in [3.05, 3.63) is 0 Å². The SMILES string of the molecule is CCC(C)CC(C)C(=O)O[C@H](C)C(=O)O[C@@H](CNC(C)(C)C)COc1nsnc1N1CCOCC1. The summed E-state index contributed by atoms with van der Waals surface area (Å²) in [4.78, 5) is 27.3. The lowest BCUT2D eigenvalue weighted by Gasteiger charge is -2.28. The molecule has 35 heavy (non-hydrogen) atoms. The normalized spacial score (nSPS) is 17.9. The van der Waals surface area contributed by atoms with Gasteiger partial charge in [-0.15, -0.1) is 4.37 Å². The van der Waals surface area contributed by atoms with Gasteiger partial charge in [-0.2, -0.15) is 4.37 Å². The number of rotatable bonds is 13. The van der Waals surface area contributed by atoms with Gasteiger partial charge in [0, 0.05) is 25.2 Å². The minimum atomic E-state index is -1.01. The number of carbonyl (C=O) groups excluding carboxylic acids is 2. The van der Waals surface area contributed by atoms with Crippen molar-refractivity contribution in [3.63, 3.8) is 0 Å². The van der Waals surface area contributed by atoms with Crippen LogP contribution in [-0.4, -0.2) is 77.9 Å². The van der Waals surface area contributed by atoms with Crippen LogP contribution in [0.15, 0.2) is 0 Å². The van der Waals surface area contributed by atoms with E-state index in [1.165, 1.54) is 6.92 Å². The van der Waals surface area contributed by atoms with Gasteiger partial charge >= 0.3 is 11.9 Å². The molecule has 1 fully saturated rings. The zero-order valence-electron chi connectivity index (χ0n) is 22.2. The minimum absolute atomic E-state index is 0.0860. The second-order valence-corrected chi connectivity index (χ2v) is 10.8. The van der Waals surface area contributed by atoms with Crippen molar-refractivity contribution < 1.29 is 28.5 Å². The lowest BCUT2D eigenvalue weighted by atomic mass is 9.95. The van der Waals surface area contributed by atoms with Crippen molar-refractivity contribution in [2.45, 2.75) is 79.1 Å². The quantitative estimate of drug-likeness (QED) is 0.394. The first-order valence-corrected chi connectivity index (χ1v) is 13.2. The Kier molecular flexibility index (Phi) is 11.6. The molecule has 11 heteroatoms. The van der Waals surface area contributed by atoms with Gasteiger partial charge in [0.2, 0.25) is 5.82 Å². The van der Waals surface area contributed by atoms with Crippen LogP contribution in [0.2, 0.25) is 0 Å². The fourth-order valence-corrected chi connectivity index (χ4v) is 3.95. The summed E-state index contributed by atoms with van der Waals surface area (Å²) < 4.78 is 31.1. The maximum Gasteiger partial charge on any atom is 0.347 e. The fourth-order valence-electron chi connectivity index (χ4n) is 3.43. The third-order valence-electron chi connectivity index (χ3n) is 5.78. The number of hydrogen-bond donors (Lipinski definition) is 1. The van der Waals surface area contributed by atoms with E-state index < -0.39 is 18.2 Å². The monoisotopic (exact) mass is 514 g/mol. The Bertz CT molecular complexity index is 793. The van der Waals surface area contributed by atoms with E-state index in [1.54, 1.807) is 0 Å². The molecule has 1 aromatic rings. The molecule has 2 unspecified atom stereocenters. The molecule has 0 bridgehead atoms. The summed E-state index contributed by atoms with van der Waals surface area (Å²) in [6, 6.07) is 0. The molecular weight excluding hydrogens is 472 g/mol. The van der Waals surface area contributed by atoms with Crippen molar-refractivity contribution in [3.8, 4) is 5.88 Å². The Morgan fingerprint density at radius 3 is 2.43 bits per heavy atom. The highest BCUT2D eigenvalue weighted by Crippen LogP contribution is 2.26. The molecule has 2 heterocycles. The maximum atomic E-state index is 12.8. The summed E-state index contributed by atoms with van der Waals surface area (Å²) in [6.07, 6.45) is 0.0823. The van der Waals surface area contributed by atoms with Crippen LogP contribution < -0.4 is 15.0 Å². The van der Waals surface area contributed by atoms with Gasteiger partial charge in [-0.25, -0.2) is 4.79 Å². The Morgan fingerprint density at radius 2 is 1.80 bits per heavy atom. The Morgan fingerprint density at radius 1 is 1.11 bits per heavy atom. The third-order valence-corrected chi connectivity index (χ3v) is 6.28. The average Bonchev–Trinajstić information content (AvgIpc) is 3.29. The maximum absolute atomic E-state index is 12.8. The summed E-state index contributed by atoms with van der Waals surface area (Å²) >= 11 is 1.07. The van der Waals surface area contributed by atoms with Gasteiger partial charge in [0.1, 0.15) is 12.7 Å². The largest absolute Gasteiger partial charge is 0.470 e. The number of ether oxygens (including phenoxy) is 4. The molecule has 0 radical (unpaired) electrons. The summed E-state index contributed by atoms with van der Waals surface area (Å²) in [5.74, 6) is 0.212. The smallest absolute Gasteiger partial charge is 0.347 e. The van der Waals surface area contributed by atoms with Crippen molar-refractivity contribution in [2.75, 3.05) is 44.4 Å². The number of esters is 2. The van der Waals surface area contributed by atoms with Crippen molar-refractivity contribution >= 4 is 29.5 Å². The first kappa shape index (κ1) is 29.3. The molecule has 10 nitrogen and oxygen atoms in total. The van der Waals surface area contributed by atoms with E-state index in [4.69, 9.17) is 18.9 Å². The van der Waals surface area contributed by atoms with E-state index in [2.05, 4.69) is 32.8 Å². The second kappa shape index (κ2) is 13.9. The molecular formula is C24H42N4O6S. The Hall–Kier alpha value is -1.98. The van der Waals surface area contributed by atoms with Gasteiger partial charge < -0.3 is 29.2 Å². The predicted molar refractivity (Wildman–Crippen MR) is 135 cm³/mol. The topological polar surface area (TPSA) is 112 Å². The molecule has 0 saturated carbocycles. The van der Waals surface area contributed by atoms with E-state index in [0.717, 1.165) is 24.6 Å². The van der Waals surface area contributed by atoms with E-state index in [1.807, 2.05) is 27.7 Å². The van der Waals surface area contributed by atoms with Crippen molar-refractivity contribution in [1.29, 1.82) is 0 Å². The predicted octanol–water partition coefficient (Wildman–Crippen LogP) is 3.06. The third kappa shape index (κ3) is 10.3. The molecule has 1 aliphatic heterocycles. The average molecular weight is 515 g/mol. The number of carbonyl (C=O) groups is 2. The molecule has 1 N–H and O–H groups in total. The van der Waals surface area contributed by atoms with Crippen LogP contribution in [0.25, 0.3) is 0 Å². The van der Waals surface area contributed by atoms with Crippen LogP contribution in [0.4, 0.5) is 5.82 Å². The fraction of sp³-hybridized carbons (Fsp3) is 0.833. The summed E-state index contributed by atoms with van der Waals surface area (Å²) in [5.41, 5.74) is -0.185. The van der Waals surface area contributed by atoms with Gasteiger partial charge in [0.05, 0.1) is 30.9 Å². The number of morpholine rings is 1. The molecule has 200 valence electrons. The summed E-state index contributed by atoms with van der Waals surface area (Å²) in [6.45, 7) is 16.7. The lowest BCUT2D eigenvalue weighted by molar-refractivity contribution is -0.173. The van der Waals surface area contributed by atoms with Crippen LogP contribution >= 0.6 is 11.7 Å². The highest BCUT2D eigenvalue weighted by molar-refractivity contribution is 6.99. The molecule has 1 aromatic heterocycles. The molecule has 0 aromatic carbocycles. The van der Waals surface area contributed by atoms with Crippen LogP contribution in [0.3, 0.4) is 0 Å². The van der Waals surface area contributed by atoms with Gasteiger partial charge in [0.25, 0.3) is 5.88 Å². The first-order valence-electron chi connectivity index (χ1n) is 12.4. The van der Waals surface area contributed by atoms with Crippen LogP contribution in [-0.2, 0) is 23.8 Å². The van der Waals surface area contributed by atoms with E-state index in [0.29, 0.717) is 50.5 Å². The van der Waals surface area contributed by atoms with Crippen molar-refractivity contribution in [2.24, 2.45) is 11.8 Å². The molecule has 0 aliphatic carbocycles. The summed E-state index contributed by atoms with van der Waals surface area (Å²) in [5, 5.41) is 3.34. The van der Waals surface area contributed by atoms with E-state index in [9.17, 15) is 9.59 Å². The standard InChI is InChI=1S/C24H42N4O6S/c1-8-16(2)13-17(3)22(29)33-18(4)23(30)34-19(14-25-24(5,6)7)15-32-21-20(26-35-27-21)28-9-11-31-12-10-28/h16-19,25H,8-15H2,1-7H3/t16?,17?,18-,19+/m1/s1.